The maximum Gasteiger partial charge on any atom is 0.234 e. The van der Waals surface area contributed by atoms with Gasteiger partial charge in [-0.1, -0.05) is 60.7 Å². The molecule has 0 fully saturated rings. The molecule has 0 saturated carbocycles. The monoisotopic (exact) mass is 545 g/mol. The van der Waals surface area contributed by atoms with Gasteiger partial charge < -0.3 is 23.8 Å². The highest BCUT2D eigenvalue weighted by atomic mass is 16.7. The second-order valence-electron chi connectivity index (χ2n) is 11.0. The summed E-state index contributed by atoms with van der Waals surface area (Å²) >= 11 is 0. The lowest BCUT2D eigenvalue weighted by Crippen LogP contribution is -2.60. The molecule has 0 aromatic heterocycles. The predicted molar refractivity (Wildman–Crippen MR) is 158 cm³/mol. The first-order valence-electron chi connectivity index (χ1n) is 14.0. The van der Waals surface area contributed by atoms with Crippen molar-refractivity contribution in [2.75, 3.05) is 24.7 Å². The zero-order valence-corrected chi connectivity index (χ0v) is 23.1. The third kappa shape index (κ3) is 4.18. The molecule has 4 aromatic rings. The predicted octanol–water partition coefficient (Wildman–Crippen LogP) is 6.63. The van der Waals surface area contributed by atoms with E-state index in [-0.39, 0.29) is 11.2 Å². The van der Waals surface area contributed by atoms with Crippen LogP contribution in [0.1, 0.15) is 40.9 Å². The van der Waals surface area contributed by atoms with Gasteiger partial charge in [-0.3, -0.25) is 4.79 Å². The second kappa shape index (κ2) is 9.82. The van der Waals surface area contributed by atoms with Crippen LogP contribution in [0.2, 0.25) is 0 Å². The van der Waals surface area contributed by atoms with E-state index in [1.807, 2.05) is 72.8 Å². The summed E-state index contributed by atoms with van der Waals surface area (Å²) in [5.41, 5.74) is 3.33. The molecule has 6 heteroatoms. The van der Waals surface area contributed by atoms with Gasteiger partial charge in [0.15, 0.2) is 23.9 Å². The van der Waals surface area contributed by atoms with Gasteiger partial charge in [-0.05, 0) is 68.0 Å². The van der Waals surface area contributed by atoms with Crippen molar-refractivity contribution in [1.82, 2.24) is 0 Å². The standard InChI is InChI=1S/C35H31NO5/c1-34(2)27-12-6-7-13-28(27)36(20-21-38-32-23-39-30-14-8-9-15-31(30)40-32)35(34)19-18-25-22-26(16-17-29(25)41-35)33(37)24-10-4-3-5-11-24/h3-19,22,32H,20-21,23H2,1-2H3. The largest absolute Gasteiger partial charge is 0.483 e. The van der Waals surface area contributed by atoms with E-state index >= 15 is 0 Å². The molecule has 206 valence electrons. The van der Waals surface area contributed by atoms with Crippen LogP contribution in [-0.4, -0.2) is 37.6 Å². The summed E-state index contributed by atoms with van der Waals surface area (Å²) in [6.07, 6.45) is 3.72. The van der Waals surface area contributed by atoms with E-state index in [1.165, 1.54) is 5.56 Å². The molecule has 7 rings (SSSR count). The first-order valence-corrected chi connectivity index (χ1v) is 14.0. The molecule has 0 bridgehead atoms. The zero-order valence-electron chi connectivity index (χ0n) is 23.1. The van der Waals surface area contributed by atoms with E-state index in [1.54, 1.807) is 0 Å². The van der Waals surface area contributed by atoms with E-state index in [9.17, 15) is 4.79 Å². The lowest BCUT2D eigenvalue weighted by atomic mass is 9.76. The van der Waals surface area contributed by atoms with Crippen LogP contribution in [0.15, 0.2) is 103 Å². The number of anilines is 1. The van der Waals surface area contributed by atoms with Crippen LogP contribution >= 0.6 is 0 Å². The summed E-state index contributed by atoms with van der Waals surface area (Å²) in [7, 11) is 0. The molecule has 1 spiro atoms. The molecule has 0 radical (unpaired) electrons. The Balaban J connectivity index is 1.15. The first-order chi connectivity index (χ1) is 20.0. The maximum absolute atomic E-state index is 13.1. The number of fused-ring (bicyclic) bond motifs is 3. The SMILES string of the molecule is CC1(C)c2ccccc2N(CCOC2COc3ccccc3O2)C12C=Cc1cc(C(=O)c3ccccc3)ccc1O2. The first kappa shape index (κ1) is 25.4. The molecule has 6 nitrogen and oxygen atoms in total. The number of nitrogens with zero attached hydrogens (tertiary/aromatic N) is 1. The number of ketones is 1. The molecule has 3 aliphatic heterocycles. The number of rotatable bonds is 6. The van der Waals surface area contributed by atoms with Crippen LogP contribution in [0.5, 0.6) is 17.2 Å². The molecule has 4 aromatic carbocycles. The smallest absolute Gasteiger partial charge is 0.234 e. The highest BCUT2D eigenvalue weighted by Crippen LogP contribution is 2.54. The van der Waals surface area contributed by atoms with E-state index in [2.05, 4.69) is 55.2 Å². The average molecular weight is 546 g/mol. The number of carbonyl (C=O) groups excluding carboxylic acids is 1. The van der Waals surface area contributed by atoms with Crippen LogP contribution in [0.4, 0.5) is 5.69 Å². The summed E-state index contributed by atoms with van der Waals surface area (Å²) in [4.78, 5) is 15.4. The third-order valence-corrected chi connectivity index (χ3v) is 8.33. The molecule has 0 amide bonds. The topological polar surface area (TPSA) is 57.2 Å². The number of hydrogen-bond donors (Lipinski definition) is 0. The van der Waals surface area contributed by atoms with Crippen LogP contribution in [-0.2, 0) is 10.2 Å². The van der Waals surface area contributed by atoms with Gasteiger partial charge >= 0.3 is 0 Å². The van der Waals surface area contributed by atoms with Crippen molar-refractivity contribution in [3.63, 3.8) is 0 Å². The quantitative estimate of drug-likeness (QED) is 0.254. The summed E-state index contributed by atoms with van der Waals surface area (Å²) in [6.45, 7) is 5.75. The van der Waals surface area contributed by atoms with Crippen molar-refractivity contribution in [2.45, 2.75) is 31.3 Å². The fourth-order valence-corrected chi connectivity index (χ4v) is 6.15. The maximum atomic E-state index is 13.1. The van der Waals surface area contributed by atoms with Crippen LogP contribution in [0.25, 0.3) is 6.08 Å². The lowest BCUT2D eigenvalue weighted by molar-refractivity contribution is -0.115. The van der Waals surface area contributed by atoms with Gasteiger partial charge in [0.05, 0.1) is 12.0 Å². The van der Waals surface area contributed by atoms with Crippen molar-refractivity contribution in [1.29, 1.82) is 0 Å². The Morgan fingerprint density at radius 3 is 2.49 bits per heavy atom. The van der Waals surface area contributed by atoms with Gasteiger partial charge in [0, 0.05) is 28.9 Å². The highest BCUT2D eigenvalue weighted by molar-refractivity contribution is 6.09. The van der Waals surface area contributed by atoms with Crippen LogP contribution in [0.3, 0.4) is 0 Å². The molecular weight excluding hydrogens is 514 g/mol. The number of para-hydroxylation sites is 3. The van der Waals surface area contributed by atoms with E-state index in [0.717, 1.165) is 22.7 Å². The molecule has 41 heavy (non-hydrogen) atoms. The molecule has 0 N–H and O–H groups in total. The Morgan fingerprint density at radius 1 is 0.878 bits per heavy atom. The van der Waals surface area contributed by atoms with Gasteiger partial charge in [0.25, 0.3) is 0 Å². The number of benzene rings is 4. The average Bonchev–Trinajstić information content (AvgIpc) is 3.19. The van der Waals surface area contributed by atoms with Crippen LogP contribution in [0, 0.1) is 0 Å². The fraction of sp³-hybridized carbons (Fsp3) is 0.229. The molecular formula is C35H31NO5. The van der Waals surface area contributed by atoms with Crippen molar-refractivity contribution >= 4 is 17.5 Å². The zero-order chi connectivity index (χ0) is 28.0. The van der Waals surface area contributed by atoms with E-state index in [0.29, 0.717) is 36.6 Å². The van der Waals surface area contributed by atoms with Crippen molar-refractivity contribution in [3.8, 4) is 17.2 Å². The minimum atomic E-state index is -0.783. The minimum absolute atomic E-state index is 0.00834. The van der Waals surface area contributed by atoms with Gasteiger partial charge in [-0.2, -0.15) is 0 Å². The molecule has 3 heterocycles. The summed E-state index contributed by atoms with van der Waals surface area (Å²) in [6, 6.07) is 31.1. The third-order valence-electron chi connectivity index (χ3n) is 8.33. The van der Waals surface area contributed by atoms with Gasteiger partial charge in [0.1, 0.15) is 5.75 Å². The highest BCUT2D eigenvalue weighted by Gasteiger charge is 2.58. The molecule has 3 aliphatic rings. The number of ether oxygens (including phenoxy) is 4. The Bertz CT molecular complexity index is 1650. The van der Waals surface area contributed by atoms with Crippen molar-refractivity contribution < 1.29 is 23.7 Å². The summed E-state index contributed by atoms with van der Waals surface area (Å²) < 4.78 is 24.9. The van der Waals surface area contributed by atoms with Gasteiger partial charge in [0.2, 0.25) is 12.0 Å². The second-order valence-corrected chi connectivity index (χ2v) is 11.0. The molecule has 2 atom stereocenters. The Labute approximate surface area is 239 Å². The Hall–Kier alpha value is -4.55. The fourth-order valence-electron chi connectivity index (χ4n) is 6.15. The number of hydrogen-bond acceptors (Lipinski definition) is 6. The van der Waals surface area contributed by atoms with Crippen molar-refractivity contribution in [2.24, 2.45) is 0 Å². The Kier molecular flexibility index (Phi) is 6.09. The van der Waals surface area contributed by atoms with Crippen molar-refractivity contribution in [3.05, 3.63) is 125 Å². The minimum Gasteiger partial charge on any atom is -0.483 e. The van der Waals surface area contributed by atoms with E-state index < -0.39 is 12.0 Å². The van der Waals surface area contributed by atoms with E-state index in [4.69, 9.17) is 18.9 Å². The normalized spacial score (nSPS) is 21.2. The van der Waals surface area contributed by atoms with Gasteiger partial charge in [-0.25, -0.2) is 0 Å². The Morgan fingerprint density at radius 2 is 1.63 bits per heavy atom. The number of carbonyl (C=O) groups is 1. The lowest BCUT2D eigenvalue weighted by Gasteiger charge is -2.47. The molecule has 0 saturated heterocycles. The molecule has 2 unspecified atom stereocenters. The van der Waals surface area contributed by atoms with Crippen LogP contribution < -0.4 is 19.1 Å². The summed E-state index contributed by atoms with van der Waals surface area (Å²) in [5.74, 6) is 2.15. The summed E-state index contributed by atoms with van der Waals surface area (Å²) in [5, 5.41) is 0. The van der Waals surface area contributed by atoms with Gasteiger partial charge in [-0.15, -0.1) is 0 Å². The molecule has 0 aliphatic carbocycles.